The van der Waals surface area contributed by atoms with E-state index in [1.807, 2.05) is 19.1 Å². The summed E-state index contributed by atoms with van der Waals surface area (Å²) in [5, 5.41) is 0.779. The summed E-state index contributed by atoms with van der Waals surface area (Å²) in [7, 11) is 0. The van der Waals surface area contributed by atoms with Crippen LogP contribution in [0.2, 0.25) is 0 Å². The Balaban J connectivity index is 2.33. The first-order valence-electron chi connectivity index (χ1n) is 13.7. The molecule has 0 bridgehead atoms. The van der Waals surface area contributed by atoms with Gasteiger partial charge in [0.25, 0.3) is 6.71 Å². The Bertz CT molecular complexity index is 1780. The molecule has 0 radical (unpaired) electrons. The highest BCUT2D eigenvalue weighted by Gasteiger charge is 2.42. The van der Waals surface area contributed by atoms with Gasteiger partial charge in [0.2, 0.25) is 0 Å². The van der Waals surface area contributed by atoms with E-state index in [-0.39, 0.29) is 5.31 Å². The number of hydrogen-bond acceptors (Lipinski definition) is 0. The molecule has 0 N–H and O–H groups in total. The molecule has 4 rings (SSSR count). The molecule has 13 heteroatoms. The molecule has 1 unspecified atom stereocenters. The number of rotatable bonds is 6. The van der Waals surface area contributed by atoms with Crippen molar-refractivity contribution in [3.05, 3.63) is 127 Å². The summed E-state index contributed by atoms with van der Waals surface area (Å²) in [6.45, 7) is 7.13. The van der Waals surface area contributed by atoms with E-state index in [0.717, 1.165) is 29.2 Å². The first kappa shape index (κ1) is 35.7. The summed E-state index contributed by atoms with van der Waals surface area (Å²) >= 11 is 3.69. The Hall–Kier alpha value is -3.11. The van der Waals surface area contributed by atoms with E-state index in [0.29, 0.717) is 22.0 Å². The van der Waals surface area contributed by atoms with Gasteiger partial charge in [-0.1, -0.05) is 47.8 Å². The largest absolute Gasteiger partial charge is 0.253 e. The molecule has 0 amide bonds. The zero-order chi connectivity index (χ0) is 34.7. The minimum atomic E-state index is -2.67. The van der Waals surface area contributed by atoms with Crippen LogP contribution in [-0.4, -0.2) is 6.71 Å². The zero-order valence-corrected chi connectivity index (χ0v) is 28.0. The lowest BCUT2D eigenvalue weighted by atomic mass is 9.35. The maximum Gasteiger partial charge on any atom is 0.253 e. The number of halogens is 11. The molecule has 0 heterocycles. The number of allylic oxidation sites excluding steroid dienone is 1. The van der Waals surface area contributed by atoms with Crippen molar-refractivity contribution in [3.8, 4) is 0 Å². The Morgan fingerprint density at radius 3 is 1.11 bits per heavy atom. The average Bonchev–Trinajstić information content (AvgIpc) is 2.97. The zero-order valence-electron chi connectivity index (χ0n) is 25.5. The third-order valence-corrected chi connectivity index (χ3v) is 12.0. The second-order valence-electron chi connectivity index (χ2n) is 11.2. The van der Waals surface area contributed by atoms with Crippen LogP contribution in [0.15, 0.2) is 29.7 Å². The fraction of sp³-hybridized carbons (Fsp3) is 0.212. The number of hydrogen-bond donors (Lipinski definition) is 0. The smallest absolute Gasteiger partial charge is 0.204 e. The molecule has 0 aliphatic heterocycles. The lowest BCUT2D eigenvalue weighted by molar-refractivity contribution is 0.382. The van der Waals surface area contributed by atoms with Crippen molar-refractivity contribution in [3.63, 3.8) is 0 Å². The molecule has 0 saturated carbocycles. The van der Waals surface area contributed by atoms with Crippen LogP contribution >= 0.6 is 22.1 Å². The average molecular weight is 733 g/mol. The summed E-state index contributed by atoms with van der Waals surface area (Å²) in [6.07, 6.45) is 0. The van der Waals surface area contributed by atoms with E-state index in [9.17, 15) is 26.3 Å². The van der Waals surface area contributed by atoms with Crippen LogP contribution in [0.1, 0.15) is 45.9 Å². The van der Waals surface area contributed by atoms with Crippen molar-refractivity contribution in [2.45, 2.75) is 48.5 Å². The van der Waals surface area contributed by atoms with Crippen LogP contribution in [0, 0.1) is 99.7 Å². The lowest BCUT2D eigenvalue weighted by Crippen LogP contribution is -2.52. The molecular formula is C33H25BBrF10P. The minimum Gasteiger partial charge on any atom is -0.204 e. The Labute approximate surface area is 269 Å². The van der Waals surface area contributed by atoms with Crippen LogP contribution in [0.3, 0.4) is 0 Å². The van der Waals surface area contributed by atoms with E-state index in [1.54, 1.807) is 46.8 Å². The van der Waals surface area contributed by atoms with Crippen molar-refractivity contribution in [2.75, 3.05) is 0 Å². The van der Waals surface area contributed by atoms with Crippen molar-refractivity contribution < 1.29 is 43.9 Å². The van der Waals surface area contributed by atoms with Gasteiger partial charge in [0, 0.05) is 17.5 Å². The van der Waals surface area contributed by atoms with E-state index in [2.05, 4.69) is 15.5 Å². The molecule has 4 aromatic rings. The minimum absolute atomic E-state index is 0.123. The monoisotopic (exact) mass is 732 g/mol. The van der Waals surface area contributed by atoms with Gasteiger partial charge in [-0.25, -0.2) is 43.9 Å². The summed E-state index contributed by atoms with van der Waals surface area (Å²) in [5.74, 6) is -24.9. The van der Waals surface area contributed by atoms with Crippen LogP contribution in [0.25, 0.3) is 5.31 Å². The first-order valence-corrected chi connectivity index (χ1v) is 17.0. The molecule has 0 nitrogen and oxygen atoms in total. The highest BCUT2D eigenvalue weighted by molar-refractivity contribution is 9.41. The van der Waals surface area contributed by atoms with Crippen molar-refractivity contribution in [1.29, 1.82) is 0 Å². The molecule has 46 heavy (non-hydrogen) atoms. The van der Waals surface area contributed by atoms with Crippen molar-refractivity contribution in [2.24, 2.45) is 0 Å². The summed E-state index contributed by atoms with van der Waals surface area (Å²) < 4.78 is 149. The quantitative estimate of drug-likeness (QED) is 0.0609. The van der Waals surface area contributed by atoms with Crippen molar-refractivity contribution in [1.82, 2.24) is 0 Å². The second kappa shape index (κ2) is 13.2. The van der Waals surface area contributed by atoms with E-state index < -0.39 is 87.9 Å². The standard InChI is InChI=1S/C33H25BBrF10P/c1-12-8-14(3)19(15(4)9-12)33(46(35)32-16(5)10-13(2)11-17(32)6)18(7)34(20-22(36)26(40)30(44)27(41)23(20)37)21-24(38)28(42)31(45)29(43)25(21)39/h8-11H,1-7H3/b33-18-. The van der Waals surface area contributed by atoms with Gasteiger partial charge in [-0.05, 0) is 95.5 Å². The highest BCUT2D eigenvalue weighted by Crippen LogP contribution is 2.60. The molecule has 0 spiro atoms. The second-order valence-corrected chi connectivity index (χ2v) is 14.8. The molecule has 1 atom stereocenters. The van der Waals surface area contributed by atoms with Crippen molar-refractivity contribution >= 4 is 50.4 Å². The summed E-state index contributed by atoms with van der Waals surface area (Å²) in [6, 6.07) is 7.16. The Morgan fingerprint density at radius 2 is 0.783 bits per heavy atom. The molecule has 0 aliphatic carbocycles. The predicted octanol–water partition coefficient (Wildman–Crippen LogP) is 9.62. The molecule has 0 saturated heterocycles. The summed E-state index contributed by atoms with van der Waals surface area (Å²) in [4.78, 5) is 0. The Morgan fingerprint density at radius 1 is 0.500 bits per heavy atom. The van der Waals surface area contributed by atoms with Crippen LogP contribution in [0.5, 0.6) is 0 Å². The van der Waals surface area contributed by atoms with Gasteiger partial charge in [-0.3, -0.25) is 0 Å². The molecular weight excluding hydrogens is 708 g/mol. The van der Waals surface area contributed by atoms with Gasteiger partial charge < -0.3 is 0 Å². The van der Waals surface area contributed by atoms with Gasteiger partial charge >= 0.3 is 0 Å². The number of aryl methyl sites for hydroxylation is 6. The van der Waals surface area contributed by atoms with E-state index in [4.69, 9.17) is 0 Å². The van der Waals surface area contributed by atoms with E-state index in [1.165, 1.54) is 0 Å². The third-order valence-electron chi connectivity index (χ3n) is 7.81. The SMILES string of the molecule is C/C(B(c1c(F)c(F)c(F)c(F)c1F)c1c(F)c(F)c(F)c(F)c1F)=C(\c1c(C)cc(C)cc1C)P(Br)c1c(C)cc(C)cc1C. The van der Waals surface area contributed by atoms with Gasteiger partial charge in [-0.15, -0.1) is 0 Å². The summed E-state index contributed by atoms with van der Waals surface area (Å²) in [5.41, 5.74) is 0.718. The van der Waals surface area contributed by atoms with Crippen LogP contribution < -0.4 is 16.2 Å². The molecule has 0 aromatic heterocycles. The third kappa shape index (κ3) is 5.92. The predicted molar refractivity (Wildman–Crippen MR) is 167 cm³/mol. The van der Waals surface area contributed by atoms with Gasteiger partial charge in [-0.2, -0.15) is 0 Å². The van der Waals surface area contributed by atoms with Crippen LogP contribution in [-0.2, 0) is 0 Å². The maximum absolute atomic E-state index is 15.6. The Kier molecular flexibility index (Phi) is 10.2. The molecule has 4 aromatic carbocycles. The molecule has 242 valence electrons. The first-order chi connectivity index (χ1) is 21.3. The topological polar surface area (TPSA) is 0 Å². The van der Waals surface area contributed by atoms with Gasteiger partial charge in [0.05, 0.1) is 0 Å². The molecule has 0 fully saturated rings. The van der Waals surface area contributed by atoms with Crippen LogP contribution in [0.4, 0.5) is 43.9 Å². The fourth-order valence-corrected chi connectivity index (χ4v) is 11.1. The lowest BCUT2D eigenvalue weighted by Gasteiger charge is -2.29. The molecule has 0 aliphatic rings. The van der Waals surface area contributed by atoms with Gasteiger partial charge in [0.15, 0.2) is 58.2 Å². The van der Waals surface area contributed by atoms with E-state index >= 15 is 17.6 Å². The fourth-order valence-electron chi connectivity index (χ4n) is 6.06. The van der Waals surface area contributed by atoms with Gasteiger partial charge in [0.1, 0.15) is 0 Å². The normalized spacial score (nSPS) is 12.8. The number of benzene rings is 4. The maximum atomic E-state index is 15.6. The highest BCUT2D eigenvalue weighted by atomic mass is 79.9.